The molecule has 1 aliphatic rings. The Kier molecular flexibility index (Phi) is 9.11. The lowest BCUT2D eigenvalue weighted by Crippen LogP contribution is -2.63. The standard InChI is InChI=1S/C34H33N3O10/c1-18-9-8-14-25(42-2)27(18)37-34(41)47-28-26(17-38)44-33(43-3)30(46-32(40)24-16-20-11-5-7-13-22(20)36-24)29(28)45-31(39)23-15-19-10-4-6-12-21(19)35-23/h4-16,26,28-30,33,35-36,38H,17H2,1-3H3,(H,37,41)/t26-,28-,29+,30+,33+/m1/s1. The number of carbonyl (C=O) groups excluding carboxylic acids is 3. The monoisotopic (exact) mass is 643 g/mol. The molecule has 244 valence electrons. The molecular weight excluding hydrogens is 610 g/mol. The number of ether oxygens (including phenoxy) is 6. The average molecular weight is 644 g/mol. The second-order valence-electron chi connectivity index (χ2n) is 10.9. The number of amides is 1. The van der Waals surface area contributed by atoms with Crippen LogP contribution in [0.15, 0.2) is 78.9 Å². The minimum Gasteiger partial charge on any atom is -0.495 e. The van der Waals surface area contributed by atoms with Crippen LogP contribution in [0.2, 0.25) is 0 Å². The Bertz CT molecular complexity index is 1850. The van der Waals surface area contributed by atoms with Gasteiger partial charge in [0.05, 0.1) is 19.4 Å². The van der Waals surface area contributed by atoms with Gasteiger partial charge < -0.3 is 43.5 Å². The number of para-hydroxylation sites is 3. The number of H-pyrrole nitrogens is 2. The van der Waals surface area contributed by atoms with Gasteiger partial charge in [0, 0.05) is 28.9 Å². The van der Waals surface area contributed by atoms with E-state index in [1.807, 2.05) is 36.4 Å². The molecule has 0 spiro atoms. The molecule has 3 aromatic carbocycles. The molecule has 47 heavy (non-hydrogen) atoms. The van der Waals surface area contributed by atoms with Crippen LogP contribution in [0.3, 0.4) is 0 Å². The molecule has 0 radical (unpaired) electrons. The number of carbonyl (C=O) groups is 3. The molecule has 13 nitrogen and oxygen atoms in total. The third-order valence-corrected chi connectivity index (χ3v) is 7.91. The molecule has 0 unspecified atom stereocenters. The average Bonchev–Trinajstić information content (AvgIpc) is 3.72. The molecule has 5 aromatic rings. The first-order chi connectivity index (χ1) is 22.8. The molecule has 1 aliphatic heterocycles. The molecule has 5 atom stereocenters. The molecule has 13 heteroatoms. The maximum absolute atomic E-state index is 13.6. The predicted molar refractivity (Wildman–Crippen MR) is 169 cm³/mol. The van der Waals surface area contributed by atoms with Crippen molar-refractivity contribution in [1.29, 1.82) is 0 Å². The topological polar surface area (TPSA) is 170 Å². The van der Waals surface area contributed by atoms with Crippen molar-refractivity contribution < 1.29 is 47.9 Å². The van der Waals surface area contributed by atoms with E-state index in [4.69, 9.17) is 28.4 Å². The second-order valence-corrected chi connectivity index (χ2v) is 10.9. The van der Waals surface area contributed by atoms with Crippen LogP contribution >= 0.6 is 0 Å². The fraction of sp³-hybridized carbons (Fsp3) is 0.265. The van der Waals surface area contributed by atoms with Gasteiger partial charge in [0.25, 0.3) is 0 Å². The van der Waals surface area contributed by atoms with Crippen molar-refractivity contribution in [2.75, 3.05) is 26.1 Å². The van der Waals surface area contributed by atoms with E-state index in [0.717, 1.165) is 10.8 Å². The molecule has 1 fully saturated rings. The van der Waals surface area contributed by atoms with E-state index in [9.17, 15) is 19.5 Å². The number of benzene rings is 3. The summed E-state index contributed by atoms with van der Waals surface area (Å²) in [6.07, 6.45) is -7.93. The first-order valence-electron chi connectivity index (χ1n) is 14.8. The van der Waals surface area contributed by atoms with Gasteiger partial charge in [0.1, 0.15) is 23.2 Å². The normalized spacial score (nSPS) is 20.9. The summed E-state index contributed by atoms with van der Waals surface area (Å²) in [4.78, 5) is 46.5. The van der Waals surface area contributed by atoms with Crippen LogP contribution in [0.5, 0.6) is 5.75 Å². The van der Waals surface area contributed by atoms with Crippen LogP contribution in [-0.4, -0.2) is 84.6 Å². The third-order valence-electron chi connectivity index (χ3n) is 7.91. The lowest BCUT2D eigenvalue weighted by molar-refractivity contribution is -0.291. The number of aromatic amines is 2. The van der Waals surface area contributed by atoms with Crippen molar-refractivity contribution >= 4 is 45.5 Å². The van der Waals surface area contributed by atoms with Gasteiger partial charge in [-0.1, -0.05) is 48.5 Å². The zero-order valence-electron chi connectivity index (χ0n) is 25.7. The van der Waals surface area contributed by atoms with Crippen LogP contribution < -0.4 is 10.1 Å². The maximum Gasteiger partial charge on any atom is 0.412 e. The zero-order chi connectivity index (χ0) is 33.1. The summed E-state index contributed by atoms with van der Waals surface area (Å²) in [5.74, 6) is -1.26. The van der Waals surface area contributed by atoms with E-state index in [0.29, 0.717) is 28.0 Å². The number of aryl methyl sites for hydroxylation is 1. The molecule has 3 heterocycles. The van der Waals surface area contributed by atoms with Crippen LogP contribution in [-0.2, 0) is 23.7 Å². The van der Waals surface area contributed by atoms with Gasteiger partial charge >= 0.3 is 18.0 Å². The van der Waals surface area contributed by atoms with Crippen LogP contribution in [0.25, 0.3) is 21.8 Å². The third kappa shape index (κ3) is 6.49. The number of anilines is 1. The summed E-state index contributed by atoms with van der Waals surface area (Å²) in [5, 5.41) is 14.5. The van der Waals surface area contributed by atoms with Gasteiger partial charge in [-0.15, -0.1) is 0 Å². The zero-order valence-corrected chi connectivity index (χ0v) is 25.7. The van der Waals surface area contributed by atoms with Crippen molar-refractivity contribution in [3.63, 3.8) is 0 Å². The fourth-order valence-corrected chi connectivity index (χ4v) is 5.58. The van der Waals surface area contributed by atoms with Crippen molar-refractivity contribution in [2.45, 2.75) is 37.6 Å². The van der Waals surface area contributed by atoms with Gasteiger partial charge in [-0.25, -0.2) is 14.4 Å². The fourth-order valence-electron chi connectivity index (χ4n) is 5.58. The lowest BCUT2D eigenvalue weighted by atomic mass is 9.98. The Morgan fingerprint density at radius 2 is 1.38 bits per heavy atom. The van der Waals surface area contributed by atoms with Gasteiger partial charge in [-0.3, -0.25) is 5.32 Å². The first kappa shape index (κ1) is 31.6. The number of hydrogen-bond donors (Lipinski definition) is 4. The first-order valence-corrected chi connectivity index (χ1v) is 14.8. The smallest absolute Gasteiger partial charge is 0.412 e. The SMILES string of the molecule is COc1cccc(C)c1NC(=O)O[C@H]1[C@H](OC(=O)c2cc3ccccc3[nH]2)[C@H](OC(=O)c2cc3ccccc3[nH]2)[C@@H](OC)O[C@@H]1CO. The molecule has 1 saturated heterocycles. The van der Waals surface area contributed by atoms with Gasteiger partial charge in [-0.2, -0.15) is 0 Å². The molecule has 0 bridgehead atoms. The molecule has 4 N–H and O–H groups in total. The van der Waals surface area contributed by atoms with E-state index < -0.39 is 55.3 Å². The van der Waals surface area contributed by atoms with E-state index in [2.05, 4.69) is 15.3 Å². The number of methoxy groups -OCH3 is 2. The Labute approximate surface area is 268 Å². The van der Waals surface area contributed by atoms with E-state index in [-0.39, 0.29) is 11.4 Å². The van der Waals surface area contributed by atoms with Gasteiger partial charge in [0.2, 0.25) is 0 Å². The van der Waals surface area contributed by atoms with Gasteiger partial charge in [0.15, 0.2) is 24.6 Å². The Balaban J connectivity index is 1.34. The summed E-state index contributed by atoms with van der Waals surface area (Å²) < 4.78 is 34.4. The van der Waals surface area contributed by atoms with Crippen molar-refractivity contribution in [3.8, 4) is 5.75 Å². The summed E-state index contributed by atoms with van der Waals surface area (Å²) in [6, 6.07) is 22.9. The number of aliphatic hydroxyl groups is 1. The number of aliphatic hydroxyl groups excluding tert-OH is 1. The lowest BCUT2D eigenvalue weighted by Gasteiger charge is -2.43. The number of rotatable bonds is 9. The Morgan fingerprint density at radius 3 is 1.94 bits per heavy atom. The number of fused-ring (bicyclic) bond motifs is 2. The van der Waals surface area contributed by atoms with E-state index >= 15 is 0 Å². The largest absolute Gasteiger partial charge is 0.495 e. The number of aromatic nitrogens is 2. The molecule has 6 rings (SSSR count). The summed E-state index contributed by atoms with van der Waals surface area (Å²) >= 11 is 0. The Morgan fingerprint density at radius 1 is 0.787 bits per heavy atom. The number of hydrogen-bond acceptors (Lipinski definition) is 10. The van der Waals surface area contributed by atoms with Crippen LogP contribution in [0.1, 0.15) is 26.5 Å². The molecule has 2 aromatic heterocycles. The quantitative estimate of drug-likeness (QED) is 0.130. The second kappa shape index (κ2) is 13.5. The summed E-state index contributed by atoms with van der Waals surface area (Å²) in [6.45, 7) is 1.11. The highest BCUT2D eigenvalue weighted by molar-refractivity contribution is 5.96. The van der Waals surface area contributed by atoms with Crippen LogP contribution in [0.4, 0.5) is 10.5 Å². The Hall–Kier alpha value is -5.37. The van der Waals surface area contributed by atoms with E-state index in [1.165, 1.54) is 14.2 Å². The number of nitrogens with one attached hydrogen (secondary N) is 3. The predicted octanol–water partition coefficient (Wildman–Crippen LogP) is 4.70. The highest BCUT2D eigenvalue weighted by Crippen LogP contribution is 2.32. The highest BCUT2D eigenvalue weighted by Gasteiger charge is 2.53. The van der Waals surface area contributed by atoms with Crippen LogP contribution in [0, 0.1) is 6.92 Å². The van der Waals surface area contributed by atoms with Crippen molar-refractivity contribution in [1.82, 2.24) is 9.97 Å². The minimum atomic E-state index is -1.50. The summed E-state index contributed by atoms with van der Waals surface area (Å²) in [7, 11) is 2.76. The van der Waals surface area contributed by atoms with Gasteiger partial charge in [-0.05, 0) is 42.8 Å². The van der Waals surface area contributed by atoms with E-state index in [1.54, 1.807) is 49.4 Å². The van der Waals surface area contributed by atoms with Crippen molar-refractivity contribution in [3.05, 3.63) is 95.8 Å². The number of esters is 2. The van der Waals surface area contributed by atoms with Crippen molar-refractivity contribution in [2.24, 2.45) is 0 Å². The minimum absolute atomic E-state index is 0.0979. The maximum atomic E-state index is 13.6. The highest BCUT2D eigenvalue weighted by atomic mass is 16.7. The molecule has 1 amide bonds. The molecule has 0 saturated carbocycles. The molecule has 0 aliphatic carbocycles. The molecular formula is C34H33N3O10. The summed E-state index contributed by atoms with van der Waals surface area (Å²) in [5.41, 5.74) is 2.64.